The van der Waals surface area contributed by atoms with Crippen LogP contribution in [-0.2, 0) is 35.7 Å². The number of ether oxygens (including phenoxy) is 1. The second-order valence-electron chi connectivity index (χ2n) is 9.47. The van der Waals surface area contributed by atoms with E-state index in [1.807, 2.05) is 0 Å². The average Bonchev–Trinajstić information content (AvgIpc) is 2.75. The van der Waals surface area contributed by atoms with Gasteiger partial charge in [0.05, 0.1) is 31.6 Å². The monoisotopic (exact) mass is 633 g/mol. The van der Waals surface area contributed by atoms with Crippen LogP contribution in [0.3, 0.4) is 0 Å². The molecule has 2 aromatic rings. The van der Waals surface area contributed by atoms with Gasteiger partial charge in [-0.1, -0.05) is 13.0 Å². The molecule has 40 heavy (non-hydrogen) atoms. The summed E-state index contributed by atoms with van der Waals surface area (Å²) in [6.45, 7) is -2.15. The van der Waals surface area contributed by atoms with E-state index >= 15 is 0 Å². The molecule has 0 radical (unpaired) electrons. The van der Waals surface area contributed by atoms with Crippen LogP contribution >= 0.6 is 0 Å². The minimum Gasteiger partial charge on any atom is -0.435 e. The summed E-state index contributed by atoms with van der Waals surface area (Å²) >= 11 is 0. The topological polar surface area (TPSA) is 132 Å². The highest BCUT2D eigenvalue weighted by Crippen LogP contribution is 2.35. The lowest BCUT2D eigenvalue weighted by Gasteiger charge is -2.42. The molecule has 1 saturated heterocycles. The fraction of sp³-hybridized carbons (Fsp3) is 0.435. The van der Waals surface area contributed by atoms with Gasteiger partial charge in [-0.15, -0.1) is 0 Å². The van der Waals surface area contributed by atoms with Gasteiger partial charge in [0.15, 0.2) is 29.5 Å². The second-order valence-corrected chi connectivity index (χ2v) is 15.5. The fourth-order valence-corrected chi connectivity index (χ4v) is 7.78. The maximum Gasteiger partial charge on any atom is 0.416 e. The Morgan fingerprint density at radius 1 is 0.975 bits per heavy atom. The van der Waals surface area contributed by atoms with Gasteiger partial charge in [-0.2, -0.15) is 22.0 Å². The fourth-order valence-electron chi connectivity index (χ4n) is 4.17. The summed E-state index contributed by atoms with van der Waals surface area (Å²) in [4.78, 5) is 12.1. The number of hydrogen-bond donors (Lipinski definition) is 0. The van der Waals surface area contributed by atoms with Gasteiger partial charge < -0.3 is 9.64 Å². The van der Waals surface area contributed by atoms with Gasteiger partial charge in [-0.05, 0) is 42.2 Å². The molecule has 1 unspecified atom stereocenters. The lowest BCUT2D eigenvalue weighted by Crippen LogP contribution is -2.53. The molecule has 0 bridgehead atoms. The maximum atomic E-state index is 13.3. The van der Waals surface area contributed by atoms with Crippen LogP contribution in [0.25, 0.3) is 0 Å². The lowest BCUT2D eigenvalue weighted by atomic mass is 9.88. The van der Waals surface area contributed by atoms with Gasteiger partial charge in [0.25, 0.3) is 5.91 Å². The SMILES string of the molecule is CC(CS(=O)(=O)c1cccc(C(F)(F)F)c1)C1CN(C(=O)c2c(S(C)(=O)=O)cc(OC(F)F)cc2S(C)(=O)=O)C1. The van der Waals surface area contributed by atoms with Crippen molar-refractivity contribution in [3.63, 3.8) is 0 Å². The van der Waals surface area contributed by atoms with Crippen LogP contribution in [0.4, 0.5) is 22.0 Å². The Morgan fingerprint density at radius 3 is 1.95 bits per heavy atom. The predicted octanol–water partition coefficient (Wildman–Crippen LogP) is 3.30. The number of sulfone groups is 3. The Morgan fingerprint density at radius 2 is 1.50 bits per heavy atom. The lowest BCUT2D eigenvalue weighted by molar-refractivity contribution is -0.137. The van der Waals surface area contributed by atoms with E-state index in [0.29, 0.717) is 30.7 Å². The summed E-state index contributed by atoms with van der Waals surface area (Å²) in [5, 5.41) is 0. The van der Waals surface area contributed by atoms with E-state index in [2.05, 4.69) is 4.74 Å². The van der Waals surface area contributed by atoms with Crippen LogP contribution < -0.4 is 4.74 Å². The quantitative estimate of drug-likeness (QED) is 0.385. The first-order chi connectivity index (χ1) is 18.1. The van der Waals surface area contributed by atoms with Crippen molar-refractivity contribution in [2.45, 2.75) is 34.4 Å². The van der Waals surface area contributed by atoms with Crippen LogP contribution in [-0.4, -0.2) is 74.0 Å². The van der Waals surface area contributed by atoms with Gasteiger partial charge in [0.1, 0.15) is 5.75 Å². The van der Waals surface area contributed by atoms with Crippen LogP contribution in [0.1, 0.15) is 22.8 Å². The van der Waals surface area contributed by atoms with Crippen LogP contribution in [0.2, 0.25) is 0 Å². The molecule has 1 amide bonds. The number of alkyl halides is 5. The smallest absolute Gasteiger partial charge is 0.416 e. The summed E-state index contributed by atoms with van der Waals surface area (Å²) in [6.07, 6.45) is -3.45. The maximum absolute atomic E-state index is 13.3. The van der Waals surface area contributed by atoms with E-state index < -0.39 is 97.4 Å². The van der Waals surface area contributed by atoms with Crippen molar-refractivity contribution in [1.82, 2.24) is 4.90 Å². The normalized spacial score (nSPS) is 16.1. The number of halogens is 5. The third-order valence-corrected chi connectivity index (χ3v) is 10.5. The number of carbonyl (C=O) groups excluding carboxylic acids is 1. The van der Waals surface area contributed by atoms with Crippen molar-refractivity contribution >= 4 is 35.4 Å². The highest BCUT2D eigenvalue weighted by atomic mass is 32.2. The standard InChI is InChI=1S/C23H24F5NO8S3/c1-13(12-40(35,36)17-6-4-5-15(7-17)23(26,27)28)14-10-29(11-14)21(30)20-18(38(2,31)32)8-16(37-22(24)25)9-19(20)39(3,33)34/h4-9,13-14,22H,10-12H2,1-3H3. The minimum absolute atomic E-state index is 0.125. The van der Waals surface area contributed by atoms with Crippen LogP contribution in [0.5, 0.6) is 5.75 Å². The highest BCUT2D eigenvalue weighted by molar-refractivity contribution is 7.92. The third-order valence-electron chi connectivity index (χ3n) is 6.28. The molecule has 17 heteroatoms. The van der Waals surface area contributed by atoms with E-state index in [1.54, 1.807) is 0 Å². The molecule has 1 fully saturated rings. The van der Waals surface area contributed by atoms with Crippen molar-refractivity contribution in [2.75, 3.05) is 31.4 Å². The first-order valence-corrected chi connectivity index (χ1v) is 16.8. The van der Waals surface area contributed by atoms with Gasteiger partial charge in [-0.3, -0.25) is 4.79 Å². The van der Waals surface area contributed by atoms with E-state index in [1.165, 1.54) is 6.92 Å². The Balaban J connectivity index is 1.86. The zero-order valence-corrected chi connectivity index (χ0v) is 23.6. The number of carbonyl (C=O) groups is 1. The third kappa shape index (κ3) is 7.09. The first kappa shape index (κ1) is 31.7. The highest BCUT2D eigenvalue weighted by Gasteiger charge is 2.40. The zero-order valence-electron chi connectivity index (χ0n) is 21.1. The van der Waals surface area contributed by atoms with E-state index in [0.717, 1.165) is 23.1 Å². The predicted molar refractivity (Wildman–Crippen MR) is 131 cm³/mol. The summed E-state index contributed by atoms with van der Waals surface area (Å²) in [7, 11) is -12.8. The van der Waals surface area contributed by atoms with Crippen molar-refractivity contribution in [2.24, 2.45) is 11.8 Å². The van der Waals surface area contributed by atoms with Crippen molar-refractivity contribution < 1.29 is 56.7 Å². The summed E-state index contributed by atoms with van der Waals surface area (Å²) < 4.78 is 144. The van der Waals surface area contributed by atoms with Crippen molar-refractivity contribution in [3.8, 4) is 5.75 Å². The molecule has 1 aliphatic rings. The summed E-state index contributed by atoms with van der Waals surface area (Å²) in [6, 6.07) is 4.50. The Labute approximate surface area is 227 Å². The Bertz CT molecular complexity index is 1580. The zero-order chi connectivity index (χ0) is 30.4. The molecular weight excluding hydrogens is 609 g/mol. The Kier molecular flexibility index (Phi) is 8.64. The number of likely N-dealkylation sites (tertiary alicyclic amines) is 1. The van der Waals surface area contributed by atoms with Gasteiger partial charge in [0, 0.05) is 25.6 Å². The summed E-state index contributed by atoms with van der Waals surface area (Å²) in [5.74, 6) is -3.52. The molecule has 1 heterocycles. The number of amides is 1. The number of hydrogen-bond acceptors (Lipinski definition) is 8. The molecule has 0 saturated carbocycles. The molecule has 9 nitrogen and oxygen atoms in total. The van der Waals surface area contributed by atoms with Crippen molar-refractivity contribution in [3.05, 3.63) is 47.5 Å². The number of rotatable bonds is 9. The molecule has 0 N–H and O–H groups in total. The number of nitrogens with zero attached hydrogens (tertiary/aromatic N) is 1. The van der Waals surface area contributed by atoms with Gasteiger partial charge in [0.2, 0.25) is 0 Å². The minimum atomic E-state index is -4.74. The largest absolute Gasteiger partial charge is 0.435 e. The molecular formula is C23H24F5NO8S3. The Hall–Kier alpha value is -2.79. The first-order valence-electron chi connectivity index (χ1n) is 11.3. The van der Waals surface area contributed by atoms with Crippen LogP contribution in [0.15, 0.2) is 51.1 Å². The molecule has 1 atom stereocenters. The van der Waals surface area contributed by atoms with Gasteiger partial charge >= 0.3 is 12.8 Å². The van der Waals surface area contributed by atoms with E-state index in [4.69, 9.17) is 0 Å². The van der Waals surface area contributed by atoms with E-state index in [9.17, 15) is 52.0 Å². The van der Waals surface area contributed by atoms with Gasteiger partial charge in [-0.25, -0.2) is 25.3 Å². The molecule has 0 aromatic heterocycles. The molecule has 0 aliphatic carbocycles. The molecule has 1 aliphatic heterocycles. The summed E-state index contributed by atoms with van der Waals surface area (Å²) in [5.41, 5.74) is -1.90. The second kappa shape index (κ2) is 10.9. The molecule has 0 spiro atoms. The average molecular weight is 634 g/mol. The molecule has 222 valence electrons. The van der Waals surface area contributed by atoms with Crippen LogP contribution in [0, 0.1) is 11.8 Å². The number of benzene rings is 2. The van der Waals surface area contributed by atoms with E-state index in [-0.39, 0.29) is 13.1 Å². The molecule has 2 aromatic carbocycles. The molecule has 3 rings (SSSR count). The van der Waals surface area contributed by atoms with Crippen molar-refractivity contribution in [1.29, 1.82) is 0 Å².